The Morgan fingerprint density at radius 2 is 2.50 bits per heavy atom. The Labute approximate surface area is 92.7 Å². The molecule has 0 fully saturated rings. The molecule has 0 unspecified atom stereocenters. The van der Waals surface area contributed by atoms with Crippen molar-refractivity contribution in [1.29, 1.82) is 0 Å². The first-order valence-electron chi connectivity index (χ1n) is 4.09. The van der Waals surface area contributed by atoms with Crippen LogP contribution in [0.2, 0.25) is 0 Å². The molecular weight excluding hydrogens is 216 g/mol. The molecule has 6 heteroatoms. The third kappa shape index (κ3) is 3.47. The van der Waals surface area contributed by atoms with E-state index in [9.17, 15) is 0 Å². The summed E-state index contributed by atoms with van der Waals surface area (Å²) in [5, 5.41) is 3.08. The molecule has 1 aromatic heterocycles. The molecule has 0 bridgehead atoms. The zero-order valence-electron chi connectivity index (χ0n) is 7.86. The van der Waals surface area contributed by atoms with Crippen LogP contribution in [0.25, 0.3) is 0 Å². The summed E-state index contributed by atoms with van der Waals surface area (Å²) in [6.07, 6.45) is 3.69. The Bertz CT molecular complexity index is 316. The Kier molecular flexibility index (Phi) is 4.61. The molecule has 0 aliphatic heterocycles. The molecule has 0 saturated carbocycles. The molecule has 14 heavy (non-hydrogen) atoms. The molecule has 0 spiro atoms. The van der Waals surface area contributed by atoms with Crippen molar-refractivity contribution in [3.05, 3.63) is 18.0 Å². The molecule has 1 aromatic rings. The van der Waals surface area contributed by atoms with Gasteiger partial charge in [-0.15, -0.1) is 0 Å². The summed E-state index contributed by atoms with van der Waals surface area (Å²) in [7, 11) is 0. The summed E-state index contributed by atoms with van der Waals surface area (Å²) in [5.74, 6) is 1.59. The second kappa shape index (κ2) is 5.77. The van der Waals surface area contributed by atoms with Crippen molar-refractivity contribution in [2.45, 2.75) is 0 Å². The van der Waals surface area contributed by atoms with Crippen molar-refractivity contribution >= 4 is 34.9 Å². The predicted molar refractivity (Wildman–Crippen MR) is 64.8 cm³/mol. The van der Waals surface area contributed by atoms with Crippen molar-refractivity contribution < 1.29 is 0 Å². The van der Waals surface area contributed by atoms with Gasteiger partial charge in [-0.2, -0.15) is 11.8 Å². The minimum Gasteiger partial charge on any atom is -0.388 e. The third-order valence-electron chi connectivity index (χ3n) is 1.50. The highest BCUT2D eigenvalue weighted by Crippen LogP contribution is 2.00. The molecule has 0 amide bonds. The lowest BCUT2D eigenvalue weighted by molar-refractivity contribution is 1.08. The average molecular weight is 228 g/mol. The molecule has 3 N–H and O–H groups in total. The Hall–Kier alpha value is -0.880. The van der Waals surface area contributed by atoms with Crippen LogP contribution in [-0.4, -0.2) is 33.5 Å². The van der Waals surface area contributed by atoms with E-state index in [0.29, 0.717) is 16.6 Å². The van der Waals surface area contributed by atoms with E-state index in [1.54, 1.807) is 24.0 Å². The maximum atomic E-state index is 5.45. The zero-order valence-corrected chi connectivity index (χ0v) is 9.49. The summed E-state index contributed by atoms with van der Waals surface area (Å²) in [6.45, 7) is 0.835. The van der Waals surface area contributed by atoms with Crippen molar-refractivity contribution in [1.82, 2.24) is 9.97 Å². The van der Waals surface area contributed by atoms with Gasteiger partial charge in [0.25, 0.3) is 0 Å². The highest BCUT2D eigenvalue weighted by molar-refractivity contribution is 7.98. The van der Waals surface area contributed by atoms with Crippen LogP contribution >= 0.6 is 24.0 Å². The van der Waals surface area contributed by atoms with Gasteiger partial charge in [0.15, 0.2) is 0 Å². The smallest absolute Gasteiger partial charge is 0.223 e. The Morgan fingerprint density at radius 1 is 1.71 bits per heavy atom. The van der Waals surface area contributed by atoms with Crippen LogP contribution in [0.3, 0.4) is 0 Å². The summed E-state index contributed by atoms with van der Waals surface area (Å²) in [4.78, 5) is 8.49. The van der Waals surface area contributed by atoms with Gasteiger partial charge in [0.2, 0.25) is 5.95 Å². The van der Waals surface area contributed by atoms with Gasteiger partial charge in [0, 0.05) is 18.5 Å². The molecule has 1 heterocycles. The van der Waals surface area contributed by atoms with Crippen LogP contribution < -0.4 is 11.1 Å². The Morgan fingerprint density at radius 3 is 3.14 bits per heavy atom. The third-order valence-corrected chi connectivity index (χ3v) is 2.32. The number of thiocarbonyl (C=S) groups is 1. The summed E-state index contributed by atoms with van der Waals surface area (Å²) in [5.41, 5.74) is 6.05. The molecule has 0 atom stereocenters. The number of anilines is 1. The fourth-order valence-electron chi connectivity index (χ4n) is 0.846. The van der Waals surface area contributed by atoms with Crippen LogP contribution in [0.4, 0.5) is 5.95 Å². The van der Waals surface area contributed by atoms with Crippen LogP contribution in [0.15, 0.2) is 12.3 Å². The summed E-state index contributed by atoms with van der Waals surface area (Å²) < 4.78 is 0. The first-order valence-corrected chi connectivity index (χ1v) is 5.90. The number of nitrogens with zero attached hydrogens (tertiary/aromatic N) is 2. The van der Waals surface area contributed by atoms with Crippen molar-refractivity contribution in [2.75, 3.05) is 23.9 Å². The van der Waals surface area contributed by atoms with E-state index in [1.807, 2.05) is 6.26 Å². The molecular formula is C8H12N4S2. The summed E-state index contributed by atoms with van der Waals surface area (Å²) in [6, 6.07) is 1.70. The monoisotopic (exact) mass is 228 g/mol. The van der Waals surface area contributed by atoms with Crippen molar-refractivity contribution in [3.63, 3.8) is 0 Å². The minimum absolute atomic E-state index is 0.292. The van der Waals surface area contributed by atoms with E-state index < -0.39 is 0 Å². The Balaban J connectivity index is 2.59. The second-order valence-corrected chi connectivity index (χ2v) is 3.97. The van der Waals surface area contributed by atoms with Gasteiger partial charge < -0.3 is 11.1 Å². The SMILES string of the molecule is CSCCNc1nccc(C(N)=S)n1. The highest BCUT2D eigenvalue weighted by Gasteiger charge is 2.00. The largest absolute Gasteiger partial charge is 0.388 e. The van der Waals surface area contributed by atoms with Gasteiger partial charge in [-0.25, -0.2) is 9.97 Å². The average Bonchev–Trinajstić information content (AvgIpc) is 2.19. The number of nitrogens with one attached hydrogen (secondary N) is 1. The van der Waals surface area contributed by atoms with Crippen LogP contribution in [0.1, 0.15) is 5.69 Å². The van der Waals surface area contributed by atoms with Gasteiger partial charge >= 0.3 is 0 Å². The van der Waals surface area contributed by atoms with Crippen LogP contribution in [0.5, 0.6) is 0 Å². The van der Waals surface area contributed by atoms with Gasteiger partial charge in [-0.05, 0) is 12.3 Å². The first-order chi connectivity index (χ1) is 6.74. The van der Waals surface area contributed by atoms with E-state index in [4.69, 9.17) is 18.0 Å². The molecule has 1 rings (SSSR count). The van der Waals surface area contributed by atoms with Crippen molar-refractivity contribution in [3.8, 4) is 0 Å². The van der Waals surface area contributed by atoms with Crippen LogP contribution in [-0.2, 0) is 0 Å². The number of hydrogen-bond acceptors (Lipinski definition) is 5. The van der Waals surface area contributed by atoms with Gasteiger partial charge in [0.1, 0.15) is 10.7 Å². The molecule has 0 aliphatic rings. The van der Waals surface area contributed by atoms with Gasteiger partial charge in [0.05, 0.1) is 0 Å². The molecule has 0 aliphatic carbocycles. The maximum absolute atomic E-state index is 5.45. The van der Waals surface area contributed by atoms with E-state index in [0.717, 1.165) is 12.3 Å². The van der Waals surface area contributed by atoms with E-state index in [-0.39, 0.29) is 0 Å². The number of aromatic nitrogens is 2. The van der Waals surface area contributed by atoms with E-state index in [1.165, 1.54) is 0 Å². The molecule has 0 saturated heterocycles. The molecule has 0 aromatic carbocycles. The summed E-state index contributed by atoms with van der Waals surface area (Å²) >= 11 is 6.58. The van der Waals surface area contributed by atoms with Crippen molar-refractivity contribution in [2.24, 2.45) is 5.73 Å². The number of nitrogens with two attached hydrogens (primary N) is 1. The first kappa shape index (κ1) is 11.2. The fourth-order valence-corrected chi connectivity index (χ4v) is 1.27. The van der Waals surface area contributed by atoms with Gasteiger partial charge in [-0.1, -0.05) is 12.2 Å². The maximum Gasteiger partial charge on any atom is 0.223 e. The number of rotatable bonds is 5. The highest BCUT2D eigenvalue weighted by atomic mass is 32.2. The zero-order chi connectivity index (χ0) is 10.4. The lowest BCUT2D eigenvalue weighted by Gasteiger charge is -2.04. The predicted octanol–water partition coefficient (Wildman–Crippen LogP) is 0.886. The number of thioether (sulfide) groups is 1. The molecule has 76 valence electrons. The van der Waals surface area contributed by atoms with Crippen LogP contribution in [0, 0.1) is 0 Å². The molecule has 4 nitrogen and oxygen atoms in total. The van der Waals surface area contributed by atoms with Gasteiger partial charge in [-0.3, -0.25) is 0 Å². The lowest BCUT2D eigenvalue weighted by atomic mass is 10.4. The number of hydrogen-bond donors (Lipinski definition) is 2. The standard InChI is InChI=1S/C8H12N4S2/c1-14-5-4-11-8-10-3-2-6(12-8)7(9)13/h2-3H,4-5H2,1H3,(H2,9,13)(H,10,11,12). The molecule has 0 radical (unpaired) electrons. The fraction of sp³-hybridized carbons (Fsp3) is 0.375. The minimum atomic E-state index is 0.292. The quantitative estimate of drug-likeness (QED) is 0.576. The van der Waals surface area contributed by atoms with E-state index >= 15 is 0 Å². The normalized spacial score (nSPS) is 9.79. The topological polar surface area (TPSA) is 63.8 Å². The second-order valence-electron chi connectivity index (χ2n) is 2.55. The van der Waals surface area contributed by atoms with E-state index in [2.05, 4.69) is 15.3 Å². The lowest BCUT2D eigenvalue weighted by Crippen LogP contribution is -2.14.